The van der Waals surface area contributed by atoms with Gasteiger partial charge in [0, 0.05) is 19.3 Å². The van der Waals surface area contributed by atoms with Crippen LogP contribution in [0.25, 0.3) is 5.65 Å². The minimum absolute atomic E-state index is 0.0716. The normalized spacial score (nSPS) is 20.7. The van der Waals surface area contributed by atoms with Crippen molar-refractivity contribution >= 4 is 17.5 Å². The molecule has 0 unspecified atom stereocenters. The molecule has 3 aliphatic carbocycles. The number of hydrogen-bond donors (Lipinski definition) is 2. The van der Waals surface area contributed by atoms with Crippen LogP contribution in [0.4, 0.5) is 22.0 Å². The fourth-order valence-electron chi connectivity index (χ4n) is 6.17. The summed E-state index contributed by atoms with van der Waals surface area (Å²) in [5, 5.41) is 11.4. The molecule has 3 aromatic heterocycles. The zero-order chi connectivity index (χ0) is 30.5. The second-order valence-corrected chi connectivity index (χ2v) is 12.3. The molecule has 232 valence electrons. The number of nitrogens with zero attached hydrogens (tertiary/aromatic N) is 4. The third-order valence-electron chi connectivity index (χ3n) is 8.81. The van der Waals surface area contributed by atoms with Gasteiger partial charge in [-0.2, -0.15) is 18.3 Å². The van der Waals surface area contributed by atoms with Crippen LogP contribution in [0.15, 0.2) is 23.0 Å². The van der Waals surface area contributed by atoms with Gasteiger partial charge >= 0.3 is 6.18 Å². The van der Waals surface area contributed by atoms with Gasteiger partial charge in [0.25, 0.3) is 5.91 Å². The molecule has 6 rings (SSSR count). The van der Waals surface area contributed by atoms with E-state index in [1.807, 2.05) is 0 Å². The maximum atomic E-state index is 14.1. The first-order chi connectivity index (χ1) is 20.4. The second kappa shape index (κ2) is 11.2. The summed E-state index contributed by atoms with van der Waals surface area (Å²) in [5.74, 6) is -4.48. The summed E-state index contributed by atoms with van der Waals surface area (Å²) in [6, 6.07) is 1.19. The number of rotatable bonds is 11. The highest BCUT2D eigenvalue weighted by Crippen LogP contribution is 2.47. The van der Waals surface area contributed by atoms with Gasteiger partial charge < -0.3 is 15.6 Å². The molecule has 0 radical (unpaired) electrons. The summed E-state index contributed by atoms with van der Waals surface area (Å²) in [6.45, 7) is 0. The van der Waals surface area contributed by atoms with Gasteiger partial charge in [-0.15, -0.1) is 0 Å². The molecule has 43 heavy (non-hydrogen) atoms. The monoisotopic (exact) mass is 608 g/mol. The van der Waals surface area contributed by atoms with Gasteiger partial charge in [0.15, 0.2) is 11.4 Å². The molecule has 3 saturated carbocycles. The third-order valence-corrected chi connectivity index (χ3v) is 8.81. The first-order valence-corrected chi connectivity index (χ1v) is 14.7. The van der Waals surface area contributed by atoms with Crippen LogP contribution in [0.2, 0.25) is 0 Å². The summed E-state index contributed by atoms with van der Waals surface area (Å²) in [4.78, 5) is 29.8. The van der Waals surface area contributed by atoms with Crippen LogP contribution in [-0.4, -0.2) is 43.7 Å². The predicted octanol–water partition coefficient (Wildman–Crippen LogP) is 5.64. The average molecular weight is 609 g/mol. The van der Waals surface area contributed by atoms with E-state index in [9.17, 15) is 31.5 Å². The van der Waals surface area contributed by atoms with Crippen molar-refractivity contribution in [2.75, 3.05) is 0 Å². The fraction of sp³-hybridized carbons (Fsp3) is 0.621. The Morgan fingerprint density at radius 3 is 2.47 bits per heavy atom. The van der Waals surface area contributed by atoms with E-state index in [4.69, 9.17) is 15.2 Å². The topological polar surface area (TPSA) is 128 Å². The van der Waals surface area contributed by atoms with E-state index in [0.717, 1.165) is 25.7 Å². The van der Waals surface area contributed by atoms with Gasteiger partial charge in [-0.1, -0.05) is 5.16 Å². The lowest BCUT2D eigenvalue weighted by Gasteiger charge is -2.32. The zero-order valence-corrected chi connectivity index (χ0v) is 23.4. The van der Waals surface area contributed by atoms with E-state index in [0.29, 0.717) is 34.9 Å². The number of hydrogen-bond acceptors (Lipinski definition) is 6. The highest BCUT2D eigenvalue weighted by atomic mass is 19.4. The minimum atomic E-state index is -4.43. The molecule has 3 fully saturated rings. The molecule has 14 heteroatoms. The van der Waals surface area contributed by atoms with Gasteiger partial charge in [-0.05, 0) is 74.3 Å². The molecule has 0 saturated heterocycles. The van der Waals surface area contributed by atoms with Crippen LogP contribution in [0.1, 0.15) is 109 Å². The number of amides is 2. The molecule has 3 heterocycles. The fourth-order valence-corrected chi connectivity index (χ4v) is 6.17. The number of aromatic nitrogens is 4. The summed E-state index contributed by atoms with van der Waals surface area (Å²) in [7, 11) is 0. The van der Waals surface area contributed by atoms with Crippen LogP contribution in [0, 0.1) is 17.8 Å². The van der Waals surface area contributed by atoms with Gasteiger partial charge in [0.2, 0.25) is 11.8 Å². The standard InChI is InChI=1S/C29H33F5N6O3/c30-28(31)8-5-16(6-9-28)23(26-24(27(35)42)19(39-43-26)11-15-1-2-15)20-14-40-21(37-20)12-18(13-36-40)25(17-3-4-17)38-22(41)7-10-29(32,33)34/h12-17,23,25H,1-11H2,(H2,35,42)(H,38,41)/t23-,25+/m0/s1. The Morgan fingerprint density at radius 2 is 1.84 bits per heavy atom. The first-order valence-electron chi connectivity index (χ1n) is 14.7. The van der Waals surface area contributed by atoms with Crippen molar-refractivity contribution in [2.24, 2.45) is 23.5 Å². The van der Waals surface area contributed by atoms with Crippen LogP contribution in [-0.2, 0) is 11.2 Å². The number of alkyl halides is 5. The van der Waals surface area contributed by atoms with Crippen molar-refractivity contribution in [3.63, 3.8) is 0 Å². The minimum Gasteiger partial charge on any atom is -0.365 e. The summed E-state index contributed by atoms with van der Waals surface area (Å²) in [6.07, 6.45) is 0.835. The Labute approximate surface area is 243 Å². The molecular weight excluding hydrogens is 575 g/mol. The van der Waals surface area contributed by atoms with Crippen molar-refractivity contribution in [3.8, 4) is 0 Å². The molecule has 9 nitrogen and oxygen atoms in total. The van der Waals surface area contributed by atoms with Gasteiger partial charge in [-0.25, -0.2) is 18.3 Å². The second-order valence-electron chi connectivity index (χ2n) is 12.3. The zero-order valence-electron chi connectivity index (χ0n) is 23.4. The smallest absolute Gasteiger partial charge is 0.365 e. The Kier molecular flexibility index (Phi) is 7.66. The van der Waals surface area contributed by atoms with Crippen LogP contribution in [0.3, 0.4) is 0 Å². The SMILES string of the molecule is NC(=O)c1c(CC2CC2)noc1[C@H](c1cn2ncc([C@H](NC(=O)CCC(F)(F)F)C3CC3)cc2n1)C1CCC(F)(F)CC1. The molecule has 0 aliphatic heterocycles. The molecule has 0 aromatic carbocycles. The highest BCUT2D eigenvalue weighted by molar-refractivity contribution is 5.95. The van der Waals surface area contributed by atoms with Crippen LogP contribution >= 0.6 is 0 Å². The maximum Gasteiger partial charge on any atom is 0.389 e. The van der Waals surface area contributed by atoms with Gasteiger partial charge in [0.05, 0.1) is 42.2 Å². The Morgan fingerprint density at radius 1 is 1.12 bits per heavy atom. The molecule has 0 spiro atoms. The third kappa shape index (κ3) is 6.82. The molecular formula is C29H33F5N6O3. The van der Waals surface area contributed by atoms with E-state index >= 15 is 0 Å². The maximum absolute atomic E-state index is 14.1. The summed E-state index contributed by atoms with van der Waals surface area (Å²) < 4.78 is 73.5. The first kappa shape index (κ1) is 29.5. The van der Waals surface area contributed by atoms with Crippen molar-refractivity contribution in [1.29, 1.82) is 0 Å². The number of halogens is 5. The summed E-state index contributed by atoms with van der Waals surface area (Å²) in [5.41, 5.74) is 7.89. The molecule has 2 atom stereocenters. The number of carbonyl (C=O) groups excluding carboxylic acids is 2. The largest absolute Gasteiger partial charge is 0.389 e. The lowest BCUT2D eigenvalue weighted by molar-refractivity contribution is -0.144. The number of nitrogens with one attached hydrogen (secondary N) is 1. The van der Waals surface area contributed by atoms with Crippen molar-refractivity contribution in [1.82, 2.24) is 25.1 Å². The van der Waals surface area contributed by atoms with E-state index in [-0.39, 0.29) is 48.8 Å². The number of primary amides is 1. The van der Waals surface area contributed by atoms with Crippen LogP contribution < -0.4 is 11.1 Å². The van der Waals surface area contributed by atoms with E-state index < -0.39 is 48.7 Å². The Balaban J connectivity index is 1.32. The van der Waals surface area contributed by atoms with E-state index in [2.05, 4.69) is 15.6 Å². The molecule has 3 aromatic rings. The number of fused-ring (bicyclic) bond motifs is 1. The Hall–Kier alpha value is -3.58. The van der Waals surface area contributed by atoms with Crippen molar-refractivity contribution < 1.29 is 36.1 Å². The predicted molar refractivity (Wildman–Crippen MR) is 142 cm³/mol. The summed E-state index contributed by atoms with van der Waals surface area (Å²) >= 11 is 0. The van der Waals surface area contributed by atoms with E-state index in [1.54, 1.807) is 18.5 Å². The van der Waals surface area contributed by atoms with Crippen LogP contribution in [0.5, 0.6) is 0 Å². The molecule has 3 aliphatic rings. The number of carbonyl (C=O) groups is 2. The quantitative estimate of drug-likeness (QED) is 0.272. The number of imidazole rings is 1. The Bertz CT molecular complexity index is 1500. The number of nitrogens with two attached hydrogens (primary N) is 1. The lowest BCUT2D eigenvalue weighted by atomic mass is 9.75. The highest BCUT2D eigenvalue weighted by Gasteiger charge is 2.43. The molecule has 0 bridgehead atoms. The van der Waals surface area contributed by atoms with Crippen molar-refractivity contribution in [3.05, 3.63) is 46.7 Å². The van der Waals surface area contributed by atoms with Gasteiger partial charge in [-0.3, -0.25) is 9.59 Å². The van der Waals surface area contributed by atoms with E-state index in [1.165, 1.54) is 4.52 Å². The lowest BCUT2D eigenvalue weighted by Crippen LogP contribution is -2.30. The molecule has 3 N–H and O–H groups in total. The van der Waals surface area contributed by atoms with Crippen molar-refractivity contribution in [2.45, 2.75) is 94.7 Å². The average Bonchev–Trinajstić information content (AvgIpc) is 3.86. The van der Waals surface area contributed by atoms with Gasteiger partial charge in [0.1, 0.15) is 5.56 Å². The molecule has 2 amide bonds.